The number of hydrogen-bond acceptors (Lipinski definition) is 8. The predicted octanol–water partition coefficient (Wildman–Crippen LogP) is 5.07. The zero-order valence-electron chi connectivity index (χ0n) is 22.0. The number of benzene rings is 2. The highest BCUT2D eigenvalue weighted by molar-refractivity contribution is 6.06. The Hall–Kier alpha value is -4.25. The summed E-state index contributed by atoms with van der Waals surface area (Å²) in [5.74, 6) is 0.263. The second-order valence-corrected chi connectivity index (χ2v) is 10.4. The molecule has 0 bridgehead atoms. The minimum absolute atomic E-state index is 0.0598. The van der Waals surface area contributed by atoms with Crippen LogP contribution in [0.15, 0.2) is 53.3 Å². The highest BCUT2D eigenvalue weighted by atomic mass is 19.1. The quantitative estimate of drug-likeness (QED) is 0.234. The van der Waals surface area contributed by atoms with E-state index < -0.39 is 4.92 Å². The first-order valence-corrected chi connectivity index (χ1v) is 13.6. The number of aryl methyl sites for hydroxylation is 1. The molecule has 0 spiro atoms. The number of halogens is 1. The fraction of sp³-hybridized carbons (Fsp3) is 0.379. The lowest BCUT2D eigenvalue weighted by atomic mass is 9.91. The van der Waals surface area contributed by atoms with Crippen molar-refractivity contribution in [2.24, 2.45) is 0 Å². The standard InChI is InChI=1S/C29H29FN6O4/c30-21-7-10-24-26(17-21)40-33-27(24)19-11-13-34(14-12-19)15-16-35(28-23-3-1-2-4-25(23)31-18-32-28)29(37)20-5-8-22(9-6-20)36(38)39/h5-10,17-19H,1-4,11-16H2. The number of piperidine rings is 1. The molecule has 206 valence electrons. The van der Waals surface area contributed by atoms with E-state index in [-0.39, 0.29) is 23.3 Å². The topological polar surface area (TPSA) is 118 Å². The lowest BCUT2D eigenvalue weighted by molar-refractivity contribution is -0.384. The number of nitro groups is 1. The maximum absolute atomic E-state index is 13.8. The summed E-state index contributed by atoms with van der Waals surface area (Å²) < 4.78 is 18.9. The van der Waals surface area contributed by atoms with Crippen LogP contribution in [0.4, 0.5) is 15.9 Å². The fourth-order valence-electron chi connectivity index (χ4n) is 5.82. The molecule has 2 aromatic heterocycles. The van der Waals surface area contributed by atoms with E-state index in [2.05, 4.69) is 20.0 Å². The van der Waals surface area contributed by atoms with E-state index >= 15 is 0 Å². The average Bonchev–Trinajstić information content (AvgIpc) is 3.40. The van der Waals surface area contributed by atoms with Crippen molar-refractivity contribution in [3.8, 4) is 0 Å². The second kappa shape index (κ2) is 11.1. The number of nitrogens with zero attached hydrogens (tertiary/aromatic N) is 6. The van der Waals surface area contributed by atoms with Gasteiger partial charge in [0.25, 0.3) is 11.6 Å². The summed E-state index contributed by atoms with van der Waals surface area (Å²) in [6.07, 6.45) is 7.03. The van der Waals surface area contributed by atoms with Gasteiger partial charge in [-0.3, -0.25) is 19.8 Å². The van der Waals surface area contributed by atoms with Crippen molar-refractivity contribution in [3.63, 3.8) is 0 Å². The van der Waals surface area contributed by atoms with Crippen LogP contribution in [0.3, 0.4) is 0 Å². The number of likely N-dealkylation sites (tertiary alicyclic amines) is 1. The number of anilines is 1. The van der Waals surface area contributed by atoms with Crippen molar-refractivity contribution in [1.29, 1.82) is 0 Å². The lowest BCUT2D eigenvalue weighted by Crippen LogP contribution is -2.42. The number of amides is 1. The van der Waals surface area contributed by atoms with E-state index in [1.54, 1.807) is 11.0 Å². The summed E-state index contributed by atoms with van der Waals surface area (Å²) in [5, 5.41) is 16.2. The molecule has 1 aliphatic carbocycles. The van der Waals surface area contributed by atoms with Crippen molar-refractivity contribution in [2.45, 2.75) is 44.4 Å². The van der Waals surface area contributed by atoms with Crippen molar-refractivity contribution in [2.75, 3.05) is 31.1 Å². The Morgan fingerprint density at radius 1 is 1.10 bits per heavy atom. The van der Waals surface area contributed by atoms with Crippen LogP contribution >= 0.6 is 0 Å². The molecule has 0 radical (unpaired) electrons. The van der Waals surface area contributed by atoms with Crippen LogP contribution in [0.5, 0.6) is 0 Å². The van der Waals surface area contributed by atoms with Crippen molar-refractivity contribution >= 4 is 28.4 Å². The molecule has 1 aliphatic heterocycles. The third-order valence-electron chi connectivity index (χ3n) is 8.00. The van der Waals surface area contributed by atoms with E-state index in [9.17, 15) is 19.3 Å². The smallest absolute Gasteiger partial charge is 0.269 e. The van der Waals surface area contributed by atoms with Gasteiger partial charge in [0, 0.05) is 59.4 Å². The summed E-state index contributed by atoms with van der Waals surface area (Å²) in [7, 11) is 0. The fourth-order valence-corrected chi connectivity index (χ4v) is 5.82. The molecule has 40 heavy (non-hydrogen) atoms. The molecule has 0 unspecified atom stereocenters. The van der Waals surface area contributed by atoms with E-state index in [1.165, 1.54) is 42.7 Å². The molecule has 0 N–H and O–H groups in total. The maximum Gasteiger partial charge on any atom is 0.269 e. The molecule has 0 atom stereocenters. The van der Waals surface area contributed by atoms with Crippen LogP contribution in [0, 0.1) is 15.9 Å². The van der Waals surface area contributed by atoms with Crippen molar-refractivity contribution < 1.29 is 18.6 Å². The monoisotopic (exact) mass is 544 g/mol. The zero-order valence-corrected chi connectivity index (χ0v) is 22.0. The number of fused-ring (bicyclic) bond motifs is 2. The third kappa shape index (κ3) is 5.16. The van der Waals surface area contributed by atoms with Gasteiger partial charge in [-0.05, 0) is 75.9 Å². The molecule has 2 aromatic carbocycles. The SMILES string of the molecule is O=C(c1ccc([N+](=O)[O-])cc1)N(CCN1CCC(c2noc3cc(F)ccc23)CC1)c1ncnc2c1CCCC2. The molecule has 3 heterocycles. The first-order chi connectivity index (χ1) is 19.5. The average molecular weight is 545 g/mol. The van der Waals surface area contributed by atoms with Gasteiger partial charge in [0.15, 0.2) is 5.58 Å². The van der Waals surface area contributed by atoms with E-state index in [0.717, 1.165) is 74.0 Å². The highest BCUT2D eigenvalue weighted by Crippen LogP contribution is 2.33. The van der Waals surface area contributed by atoms with E-state index in [1.807, 2.05) is 0 Å². The highest BCUT2D eigenvalue weighted by Gasteiger charge is 2.29. The summed E-state index contributed by atoms with van der Waals surface area (Å²) in [6.45, 7) is 2.72. The van der Waals surface area contributed by atoms with Gasteiger partial charge in [-0.1, -0.05) is 5.16 Å². The van der Waals surface area contributed by atoms with Gasteiger partial charge >= 0.3 is 0 Å². The lowest BCUT2D eigenvalue weighted by Gasteiger charge is -2.33. The number of nitro benzene ring substituents is 1. The summed E-state index contributed by atoms with van der Waals surface area (Å²) in [5.41, 5.74) is 3.65. The second-order valence-electron chi connectivity index (χ2n) is 10.4. The summed E-state index contributed by atoms with van der Waals surface area (Å²) in [6, 6.07) is 10.2. The number of carbonyl (C=O) groups excluding carboxylic acids is 1. The van der Waals surface area contributed by atoms with Gasteiger partial charge in [-0.15, -0.1) is 0 Å². The Morgan fingerprint density at radius 2 is 1.88 bits per heavy atom. The third-order valence-corrected chi connectivity index (χ3v) is 8.00. The van der Waals surface area contributed by atoms with Crippen LogP contribution in [0.25, 0.3) is 11.0 Å². The molecule has 0 saturated carbocycles. The molecule has 10 nitrogen and oxygen atoms in total. The van der Waals surface area contributed by atoms with Gasteiger partial charge < -0.3 is 9.42 Å². The molecule has 1 fully saturated rings. The van der Waals surface area contributed by atoms with Crippen molar-refractivity contribution in [1.82, 2.24) is 20.0 Å². The van der Waals surface area contributed by atoms with Crippen molar-refractivity contribution in [3.05, 3.63) is 87.2 Å². The van der Waals surface area contributed by atoms with Crippen LogP contribution in [0.1, 0.15) is 58.9 Å². The van der Waals surface area contributed by atoms with Crippen LogP contribution < -0.4 is 4.90 Å². The first-order valence-electron chi connectivity index (χ1n) is 13.6. The number of carbonyl (C=O) groups is 1. The number of rotatable bonds is 7. The maximum atomic E-state index is 13.8. The number of hydrogen-bond donors (Lipinski definition) is 0. The van der Waals surface area contributed by atoms with Crippen LogP contribution in [-0.4, -0.2) is 57.0 Å². The summed E-state index contributed by atoms with van der Waals surface area (Å²) in [4.78, 5) is 37.5. The molecule has 1 saturated heterocycles. The molecule has 2 aliphatic rings. The van der Waals surface area contributed by atoms with E-state index in [0.29, 0.717) is 30.1 Å². The minimum atomic E-state index is -0.476. The van der Waals surface area contributed by atoms with Crippen LogP contribution in [0.2, 0.25) is 0 Å². The zero-order chi connectivity index (χ0) is 27.6. The normalized spacial score (nSPS) is 16.1. The Balaban J connectivity index is 1.18. The summed E-state index contributed by atoms with van der Waals surface area (Å²) >= 11 is 0. The van der Waals surface area contributed by atoms with Gasteiger partial charge in [-0.2, -0.15) is 0 Å². The van der Waals surface area contributed by atoms with Crippen LogP contribution in [-0.2, 0) is 12.8 Å². The van der Waals surface area contributed by atoms with Gasteiger partial charge in [0.1, 0.15) is 18.0 Å². The number of non-ortho nitro benzene ring substituents is 1. The van der Waals surface area contributed by atoms with Gasteiger partial charge in [0.2, 0.25) is 0 Å². The van der Waals surface area contributed by atoms with Gasteiger partial charge in [0.05, 0.1) is 10.6 Å². The molecular formula is C29H29FN6O4. The number of aromatic nitrogens is 3. The molecule has 1 amide bonds. The molecular weight excluding hydrogens is 515 g/mol. The Bertz CT molecular complexity index is 1550. The molecule has 11 heteroatoms. The molecule has 4 aromatic rings. The Morgan fingerprint density at radius 3 is 2.65 bits per heavy atom. The first kappa shape index (κ1) is 26.0. The van der Waals surface area contributed by atoms with Gasteiger partial charge in [-0.25, -0.2) is 14.4 Å². The minimum Gasteiger partial charge on any atom is -0.356 e. The largest absolute Gasteiger partial charge is 0.356 e. The predicted molar refractivity (Wildman–Crippen MR) is 146 cm³/mol. The molecule has 6 rings (SSSR count). The Labute approximate surface area is 229 Å². The Kier molecular flexibility index (Phi) is 7.21. The van der Waals surface area contributed by atoms with E-state index in [4.69, 9.17) is 4.52 Å².